The van der Waals surface area contributed by atoms with Crippen molar-refractivity contribution in [3.05, 3.63) is 64.1 Å². The van der Waals surface area contributed by atoms with E-state index in [0.29, 0.717) is 5.75 Å². The highest BCUT2D eigenvalue weighted by Crippen LogP contribution is 2.36. The monoisotopic (exact) mass is 362 g/mol. The molecule has 0 aliphatic heterocycles. The smallest absolute Gasteiger partial charge is 0.0883 e. The number of aliphatic hydroxyl groups excluding tert-OH is 1. The lowest BCUT2D eigenvalue weighted by atomic mass is 9.80. The molecule has 0 heterocycles. The highest BCUT2D eigenvalue weighted by molar-refractivity contribution is 9.10. The van der Waals surface area contributed by atoms with Gasteiger partial charge in [-0.3, -0.25) is 0 Å². The van der Waals surface area contributed by atoms with Crippen LogP contribution in [0.5, 0.6) is 0 Å². The van der Waals surface area contributed by atoms with Crippen molar-refractivity contribution in [1.82, 2.24) is 0 Å². The Labute approximate surface area is 138 Å². The molecule has 0 spiro atoms. The van der Waals surface area contributed by atoms with Gasteiger partial charge in [0.15, 0.2) is 0 Å². The molecule has 110 valence electrons. The Morgan fingerprint density at radius 2 is 1.90 bits per heavy atom. The minimum absolute atomic E-state index is 0.413. The lowest BCUT2D eigenvalue weighted by Gasteiger charge is -2.26. The summed E-state index contributed by atoms with van der Waals surface area (Å²) in [5.41, 5.74) is 2.44. The molecular weight excluding hydrogens is 344 g/mol. The molecule has 3 rings (SSSR count). The van der Waals surface area contributed by atoms with Crippen molar-refractivity contribution in [2.75, 3.05) is 5.75 Å². The molecule has 1 aliphatic carbocycles. The van der Waals surface area contributed by atoms with Gasteiger partial charge in [0.25, 0.3) is 0 Å². The predicted molar refractivity (Wildman–Crippen MR) is 92.9 cm³/mol. The third kappa shape index (κ3) is 3.91. The van der Waals surface area contributed by atoms with Gasteiger partial charge >= 0.3 is 0 Å². The van der Waals surface area contributed by atoms with E-state index in [2.05, 4.69) is 52.3 Å². The molecule has 1 atom stereocenters. The maximum absolute atomic E-state index is 10.3. The van der Waals surface area contributed by atoms with Crippen molar-refractivity contribution in [2.24, 2.45) is 0 Å². The Bertz CT molecular complexity index is 592. The molecule has 1 nitrogen and oxygen atoms in total. The number of thioether (sulfide) groups is 1. The van der Waals surface area contributed by atoms with Gasteiger partial charge < -0.3 is 5.11 Å². The van der Waals surface area contributed by atoms with Crippen molar-refractivity contribution >= 4 is 27.7 Å². The number of hydrogen-bond donors (Lipinski definition) is 1. The van der Waals surface area contributed by atoms with Gasteiger partial charge in [0.2, 0.25) is 0 Å². The lowest BCUT2D eigenvalue weighted by Crippen LogP contribution is -2.09. The zero-order valence-corrected chi connectivity index (χ0v) is 14.2. The topological polar surface area (TPSA) is 20.2 Å². The van der Waals surface area contributed by atoms with Crippen LogP contribution in [-0.2, 0) is 0 Å². The van der Waals surface area contributed by atoms with Crippen LogP contribution in [0.2, 0.25) is 0 Å². The molecule has 1 aliphatic rings. The number of hydrogen-bond acceptors (Lipinski definition) is 2. The summed E-state index contributed by atoms with van der Waals surface area (Å²) in [6.07, 6.45) is 3.59. The molecule has 0 radical (unpaired) electrons. The van der Waals surface area contributed by atoms with Crippen LogP contribution >= 0.6 is 27.7 Å². The fourth-order valence-electron chi connectivity index (χ4n) is 2.56. The Morgan fingerprint density at radius 1 is 1.14 bits per heavy atom. The normalized spacial score (nSPS) is 16.5. The van der Waals surface area contributed by atoms with Crippen LogP contribution in [0.1, 0.15) is 42.4 Å². The van der Waals surface area contributed by atoms with Crippen molar-refractivity contribution in [1.29, 1.82) is 0 Å². The SMILES string of the molecule is OC(CSc1cccc(Br)c1)c1ccc(C2CCC2)cc1. The van der Waals surface area contributed by atoms with Crippen molar-refractivity contribution in [3.8, 4) is 0 Å². The number of rotatable bonds is 5. The summed E-state index contributed by atoms with van der Waals surface area (Å²) in [6, 6.07) is 16.7. The first-order chi connectivity index (χ1) is 10.2. The quantitative estimate of drug-likeness (QED) is 0.704. The van der Waals surface area contributed by atoms with Gasteiger partial charge in [-0.2, -0.15) is 0 Å². The summed E-state index contributed by atoms with van der Waals surface area (Å²) in [4.78, 5) is 1.18. The van der Waals surface area contributed by atoms with Gasteiger partial charge in [0.1, 0.15) is 0 Å². The average Bonchev–Trinajstić information content (AvgIpc) is 2.44. The van der Waals surface area contributed by atoms with Crippen molar-refractivity contribution < 1.29 is 5.11 Å². The standard InChI is InChI=1S/C18H19BrOS/c19-16-5-2-6-17(11-16)21-12-18(20)15-9-7-14(8-10-15)13-3-1-4-13/h2,5-11,13,18,20H,1,3-4,12H2. The van der Waals surface area contributed by atoms with Gasteiger partial charge in [-0.05, 0) is 48.1 Å². The first-order valence-electron chi connectivity index (χ1n) is 7.38. The fourth-order valence-corrected chi connectivity index (χ4v) is 4.04. The van der Waals surface area contributed by atoms with Gasteiger partial charge in [-0.1, -0.05) is 52.7 Å². The van der Waals surface area contributed by atoms with E-state index in [1.165, 1.54) is 29.7 Å². The van der Waals surface area contributed by atoms with E-state index >= 15 is 0 Å². The van der Waals surface area contributed by atoms with Crippen LogP contribution in [-0.4, -0.2) is 10.9 Å². The van der Waals surface area contributed by atoms with Crippen LogP contribution < -0.4 is 0 Å². The first kappa shape index (κ1) is 15.1. The molecule has 1 fully saturated rings. The maximum Gasteiger partial charge on any atom is 0.0883 e. The van der Waals surface area contributed by atoms with E-state index in [0.717, 1.165) is 16.0 Å². The second-order valence-corrected chi connectivity index (χ2v) is 7.59. The second kappa shape index (κ2) is 6.99. The lowest BCUT2D eigenvalue weighted by molar-refractivity contribution is 0.204. The summed E-state index contributed by atoms with van der Waals surface area (Å²) in [7, 11) is 0. The van der Waals surface area contributed by atoms with E-state index in [4.69, 9.17) is 0 Å². The molecule has 1 unspecified atom stereocenters. The molecule has 2 aromatic rings. The van der Waals surface area contributed by atoms with E-state index in [1.54, 1.807) is 11.8 Å². The molecule has 0 amide bonds. The number of benzene rings is 2. The van der Waals surface area contributed by atoms with Gasteiger partial charge in [-0.25, -0.2) is 0 Å². The van der Waals surface area contributed by atoms with E-state index in [9.17, 15) is 5.11 Å². The van der Waals surface area contributed by atoms with Crippen LogP contribution in [0.25, 0.3) is 0 Å². The Kier molecular flexibility index (Phi) is 5.04. The molecular formula is C18H19BrOS. The van der Waals surface area contributed by atoms with Crippen LogP contribution in [0.4, 0.5) is 0 Å². The van der Waals surface area contributed by atoms with Crippen LogP contribution in [0, 0.1) is 0 Å². The first-order valence-corrected chi connectivity index (χ1v) is 9.16. The molecule has 1 saturated carbocycles. The summed E-state index contributed by atoms with van der Waals surface area (Å²) in [6.45, 7) is 0. The summed E-state index contributed by atoms with van der Waals surface area (Å²) >= 11 is 5.16. The molecule has 3 heteroatoms. The number of halogens is 1. The molecule has 0 saturated heterocycles. The van der Waals surface area contributed by atoms with Crippen molar-refractivity contribution in [3.63, 3.8) is 0 Å². The van der Waals surface area contributed by atoms with E-state index in [-0.39, 0.29) is 0 Å². The summed E-state index contributed by atoms with van der Waals surface area (Å²) in [5, 5.41) is 10.3. The summed E-state index contributed by atoms with van der Waals surface area (Å²) in [5.74, 6) is 1.44. The third-order valence-electron chi connectivity index (χ3n) is 4.10. The molecule has 0 aromatic heterocycles. The zero-order chi connectivity index (χ0) is 14.7. The molecule has 1 N–H and O–H groups in total. The van der Waals surface area contributed by atoms with Gasteiger partial charge in [0.05, 0.1) is 6.10 Å². The Balaban J connectivity index is 1.58. The van der Waals surface area contributed by atoms with E-state index < -0.39 is 6.10 Å². The Hall–Kier alpha value is -0.770. The number of aliphatic hydroxyl groups is 1. The largest absolute Gasteiger partial charge is 0.388 e. The Morgan fingerprint density at radius 3 is 2.52 bits per heavy atom. The van der Waals surface area contributed by atoms with Gasteiger partial charge in [0, 0.05) is 15.1 Å². The zero-order valence-electron chi connectivity index (χ0n) is 11.8. The highest BCUT2D eigenvalue weighted by Gasteiger charge is 2.19. The predicted octanol–water partition coefficient (Wildman–Crippen LogP) is 5.54. The maximum atomic E-state index is 10.3. The second-order valence-electron chi connectivity index (χ2n) is 5.58. The summed E-state index contributed by atoms with van der Waals surface area (Å²) < 4.78 is 1.08. The third-order valence-corrected chi connectivity index (χ3v) is 5.66. The van der Waals surface area contributed by atoms with Crippen LogP contribution in [0.3, 0.4) is 0 Å². The molecule has 0 bridgehead atoms. The fraction of sp³-hybridized carbons (Fsp3) is 0.333. The average molecular weight is 363 g/mol. The van der Waals surface area contributed by atoms with E-state index in [1.807, 2.05) is 12.1 Å². The molecule has 21 heavy (non-hydrogen) atoms. The highest BCUT2D eigenvalue weighted by atomic mass is 79.9. The minimum atomic E-state index is -0.413. The van der Waals surface area contributed by atoms with Crippen LogP contribution in [0.15, 0.2) is 57.9 Å². The van der Waals surface area contributed by atoms with Crippen molar-refractivity contribution in [2.45, 2.75) is 36.2 Å². The van der Waals surface area contributed by atoms with Gasteiger partial charge in [-0.15, -0.1) is 11.8 Å². The minimum Gasteiger partial charge on any atom is -0.388 e. The molecule has 2 aromatic carbocycles.